The first-order valence-corrected chi connectivity index (χ1v) is 6.22. The molecule has 1 aromatic rings. The Kier molecular flexibility index (Phi) is 3.99. The number of ether oxygens (including phenoxy) is 2. The molecule has 0 unspecified atom stereocenters. The summed E-state index contributed by atoms with van der Waals surface area (Å²) >= 11 is 5.77. The van der Waals surface area contributed by atoms with E-state index in [2.05, 4.69) is 15.0 Å². The van der Waals surface area contributed by atoms with Crippen LogP contribution in [0.1, 0.15) is 33.1 Å². The number of halogens is 1. The van der Waals surface area contributed by atoms with E-state index < -0.39 is 0 Å². The zero-order chi connectivity index (χ0) is 12.3. The van der Waals surface area contributed by atoms with E-state index in [9.17, 15) is 0 Å². The van der Waals surface area contributed by atoms with E-state index in [1.165, 1.54) is 12.8 Å². The van der Waals surface area contributed by atoms with Crippen molar-refractivity contribution >= 4 is 11.6 Å². The maximum absolute atomic E-state index is 5.77. The third-order valence-corrected chi connectivity index (χ3v) is 2.53. The van der Waals surface area contributed by atoms with Gasteiger partial charge >= 0.3 is 12.0 Å². The number of nitrogens with zero attached hydrogens (tertiary/aromatic N) is 3. The van der Waals surface area contributed by atoms with Crippen molar-refractivity contribution in [3.63, 3.8) is 0 Å². The van der Waals surface area contributed by atoms with Crippen LogP contribution in [-0.4, -0.2) is 27.7 Å². The van der Waals surface area contributed by atoms with E-state index in [0.717, 1.165) is 12.3 Å². The lowest BCUT2D eigenvalue weighted by molar-refractivity contribution is 0.211. The fourth-order valence-electron chi connectivity index (χ4n) is 1.37. The largest absolute Gasteiger partial charge is 0.463 e. The third kappa shape index (κ3) is 4.34. The molecule has 1 heterocycles. The zero-order valence-electron chi connectivity index (χ0n) is 10.0. The van der Waals surface area contributed by atoms with Crippen LogP contribution in [0.2, 0.25) is 5.28 Å². The van der Waals surface area contributed by atoms with Crippen LogP contribution in [0.3, 0.4) is 0 Å². The highest BCUT2D eigenvalue weighted by molar-refractivity contribution is 6.28. The van der Waals surface area contributed by atoms with Crippen LogP contribution >= 0.6 is 11.6 Å². The van der Waals surface area contributed by atoms with Crippen LogP contribution in [0.25, 0.3) is 0 Å². The Morgan fingerprint density at radius 2 is 1.94 bits per heavy atom. The summed E-state index contributed by atoms with van der Waals surface area (Å²) in [5, 5.41) is 0.0945. The molecule has 0 amide bonds. The molecule has 0 spiro atoms. The predicted octanol–water partition coefficient (Wildman–Crippen LogP) is 2.49. The summed E-state index contributed by atoms with van der Waals surface area (Å²) in [4.78, 5) is 11.8. The highest BCUT2D eigenvalue weighted by atomic mass is 35.5. The molecule has 1 fully saturated rings. The number of hydrogen-bond donors (Lipinski definition) is 0. The molecule has 1 saturated carbocycles. The first kappa shape index (κ1) is 12.4. The Hall–Kier alpha value is -1.10. The van der Waals surface area contributed by atoms with E-state index in [4.69, 9.17) is 21.1 Å². The summed E-state index contributed by atoms with van der Waals surface area (Å²) in [6.07, 6.45) is 3.66. The van der Waals surface area contributed by atoms with Crippen LogP contribution in [0.5, 0.6) is 12.0 Å². The van der Waals surface area contributed by atoms with Crippen LogP contribution in [0.4, 0.5) is 0 Å². The van der Waals surface area contributed by atoms with E-state index in [1.54, 1.807) is 0 Å². The molecule has 6 heteroatoms. The van der Waals surface area contributed by atoms with Gasteiger partial charge in [-0.25, -0.2) is 0 Å². The van der Waals surface area contributed by atoms with E-state index in [-0.39, 0.29) is 23.4 Å². The summed E-state index contributed by atoms with van der Waals surface area (Å²) in [7, 11) is 0. The average Bonchev–Trinajstić information content (AvgIpc) is 2.99. The lowest BCUT2D eigenvalue weighted by atomic mass is 10.3. The molecular formula is C11H16ClN3O2. The zero-order valence-corrected chi connectivity index (χ0v) is 10.8. The topological polar surface area (TPSA) is 57.1 Å². The van der Waals surface area contributed by atoms with Crippen LogP contribution < -0.4 is 9.47 Å². The minimum Gasteiger partial charge on any atom is -0.463 e. The van der Waals surface area contributed by atoms with Crippen molar-refractivity contribution in [2.75, 3.05) is 6.61 Å². The molecule has 2 rings (SSSR count). The van der Waals surface area contributed by atoms with Gasteiger partial charge < -0.3 is 9.47 Å². The van der Waals surface area contributed by atoms with E-state index in [0.29, 0.717) is 6.61 Å². The Labute approximate surface area is 106 Å². The Morgan fingerprint density at radius 1 is 1.24 bits per heavy atom. The van der Waals surface area contributed by atoms with Crippen LogP contribution in [0.15, 0.2) is 0 Å². The number of aromatic nitrogens is 3. The van der Waals surface area contributed by atoms with E-state index in [1.807, 2.05) is 13.8 Å². The molecule has 1 aliphatic rings. The van der Waals surface area contributed by atoms with Gasteiger partial charge in [-0.05, 0) is 37.8 Å². The van der Waals surface area contributed by atoms with Crippen molar-refractivity contribution in [2.24, 2.45) is 5.92 Å². The highest BCUT2D eigenvalue weighted by Gasteiger charge is 2.21. The lowest BCUT2D eigenvalue weighted by Gasteiger charge is -2.09. The number of rotatable bonds is 6. The molecule has 17 heavy (non-hydrogen) atoms. The van der Waals surface area contributed by atoms with Gasteiger partial charge in [-0.2, -0.15) is 9.97 Å². The maximum Gasteiger partial charge on any atom is 0.324 e. The monoisotopic (exact) mass is 257 g/mol. The van der Waals surface area contributed by atoms with Crippen LogP contribution in [-0.2, 0) is 0 Å². The fraction of sp³-hybridized carbons (Fsp3) is 0.727. The van der Waals surface area contributed by atoms with Crippen molar-refractivity contribution in [1.82, 2.24) is 15.0 Å². The van der Waals surface area contributed by atoms with Gasteiger partial charge in [-0.15, -0.1) is 4.98 Å². The molecule has 5 nitrogen and oxygen atoms in total. The van der Waals surface area contributed by atoms with Gasteiger partial charge in [0.15, 0.2) is 0 Å². The smallest absolute Gasteiger partial charge is 0.324 e. The number of hydrogen-bond acceptors (Lipinski definition) is 5. The first-order valence-electron chi connectivity index (χ1n) is 5.84. The molecule has 94 valence electrons. The van der Waals surface area contributed by atoms with Gasteiger partial charge in [-0.1, -0.05) is 12.8 Å². The van der Waals surface area contributed by atoms with Gasteiger partial charge in [-0.3, -0.25) is 0 Å². The lowest BCUT2D eigenvalue weighted by Crippen LogP contribution is -2.10. The van der Waals surface area contributed by atoms with Crippen molar-refractivity contribution < 1.29 is 9.47 Å². The average molecular weight is 258 g/mol. The van der Waals surface area contributed by atoms with Gasteiger partial charge in [0.25, 0.3) is 0 Å². The second kappa shape index (κ2) is 5.49. The minimum atomic E-state index is -0.00668. The highest BCUT2D eigenvalue weighted by Crippen LogP contribution is 2.32. The first-order chi connectivity index (χ1) is 8.13. The molecule has 0 aromatic carbocycles. The molecule has 1 aromatic heterocycles. The second-order valence-corrected chi connectivity index (χ2v) is 4.75. The third-order valence-electron chi connectivity index (χ3n) is 2.36. The molecule has 0 N–H and O–H groups in total. The van der Waals surface area contributed by atoms with Crippen molar-refractivity contribution in [3.8, 4) is 12.0 Å². The summed E-state index contributed by atoms with van der Waals surface area (Å²) in [5.74, 6) is 0.818. The Balaban J connectivity index is 1.92. The van der Waals surface area contributed by atoms with E-state index >= 15 is 0 Å². The van der Waals surface area contributed by atoms with Gasteiger partial charge in [0, 0.05) is 0 Å². The molecule has 0 bridgehead atoms. The second-order valence-electron chi connectivity index (χ2n) is 4.42. The maximum atomic E-state index is 5.77. The van der Waals surface area contributed by atoms with Gasteiger partial charge in [0.05, 0.1) is 12.7 Å². The van der Waals surface area contributed by atoms with Gasteiger partial charge in [0.1, 0.15) is 0 Å². The molecule has 0 radical (unpaired) electrons. The molecular weight excluding hydrogens is 242 g/mol. The fourth-order valence-corrected chi connectivity index (χ4v) is 1.51. The predicted molar refractivity (Wildman–Crippen MR) is 63.4 cm³/mol. The SMILES string of the molecule is CC(C)Oc1nc(Cl)nc(OCCC2CC2)n1. The van der Waals surface area contributed by atoms with Crippen LogP contribution in [0, 0.1) is 5.92 Å². The van der Waals surface area contributed by atoms with Gasteiger partial charge in [0.2, 0.25) is 5.28 Å². The minimum absolute atomic E-state index is 0.00668. The summed E-state index contributed by atoms with van der Waals surface area (Å²) in [6.45, 7) is 4.41. The van der Waals surface area contributed by atoms with Crippen molar-refractivity contribution in [2.45, 2.75) is 39.2 Å². The Morgan fingerprint density at radius 3 is 2.59 bits per heavy atom. The molecule has 0 saturated heterocycles. The van der Waals surface area contributed by atoms with Crippen molar-refractivity contribution in [1.29, 1.82) is 0 Å². The summed E-state index contributed by atoms with van der Waals surface area (Å²) in [6, 6.07) is 0.447. The quantitative estimate of drug-likeness (QED) is 0.784. The Bertz CT molecular complexity index is 383. The molecule has 0 atom stereocenters. The summed E-state index contributed by atoms with van der Waals surface area (Å²) in [5.41, 5.74) is 0. The van der Waals surface area contributed by atoms with Crippen molar-refractivity contribution in [3.05, 3.63) is 5.28 Å². The normalized spacial score (nSPS) is 15.1. The molecule has 1 aliphatic carbocycles. The molecule has 0 aliphatic heterocycles. The standard InChI is InChI=1S/C11H16ClN3O2/c1-7(2)17-11-14-9(12)13-10(15-11)16-6-5-8-3-4-8/h7-8H,3-6H2,1-2H3. The summed E-state index contributed by atoms with van der Waals surface area (Å²) < 4.78 is 10.8.